The number of hydrogen-bond acceptors (Lipinski definition) is 5. The van der Waals surface area contributed by atoms with Crippen LogP contribution in [-0.2, 0) is 4.74 Å². The Hall–Kier alpha value is -1.69. The second-order valence-electron chi connectivity index (χ2n) is 4.00. The molecule has 1 aromatic rings. The topological polar surface area (TPSA) is 76.1 Å². The van der Waals surface area contributed by atoms with E-state index in [-0.39, 0.29) is 18.1 Å². The summed E-state index contributed by atoms with van der Waals surface area (Å²) < 4.78 is 5.44. The van der Waals surface area contributed by atoms with Gasteiger partial charge in [-0.2, -0.15) is 0 Å². The highest BCUT2D eigenvalue weighted by Gasteiger charge is 2.24. The summed E-state index contributed by atoms with van der Waals surface area (Å²) in [5.74, 6) is 0.432. The van der Waals surface area contributed by atoms with Gasteiger partial charge in [-0.25, -0.2) is 0 Å². The maximum atomic E-state index is 11.3. The van der Waals surface area contributed by atoms with E-state index in [1.807, 2.05) is 6.92 Å². The van der Waals surface area contributed by atoms with Gasteiger partial charge in [-0.1, -0.05) is 0 Å². The molecule has 0 aliphatic carbocycles. The summed E-state index contributed by atoms with van der Waals surface area (Å²) in [6.07, 6.45) is 1.13. The average Bonchev–Trinajstić information content (AvgIpc) is 2.75. The Balaban J connectivity index is 2.00. The van der Waals surface area contributed by atoms with E-state index in [9.17, 15) is 4.79 Å². The molecule has 2 unspecified atom stereocenters. The molecular weight excluding hydrogens is 220 g/mol. The van der Waals surface area contributed by atoms with Crippen molar-refractivity contribution in [2.24, 2.45) is 0 Å². The Labute approximate surface area is 99.8 Å². The molecule has 1 aliphatic heterocycles. The molecule has 92 valence electrons. The molecule has 1 saturated heterocycles. The third kappa shape index (κ3) is 2.71. The summed E-state index contributed by atoms with van der Waals surface area (Å²) in [6, 6.07) is 3.66. The summed E-state index contributed by atoms with van der Waals surface area (Å²) in [5, 5.41) is 13.6. The highest BCUT2D eigenvalue weighted by Crippen LogP contribution is 2.17. The lowest BCUT2D eigenvalue weighted by Crippen LogP contribution is -2.27. The van der Waals surface area contributed by atoms with Gasteiger partial charge in [-0.3, -0.25) is 4.79 Å². The van der Waals surface area contributed by atoms with Gasteiger partial charge in [0, 0.05) is 13.7 Å². The lowest BCUT2D eigenvalue weighted by atomic mass is 10.1. The van der Waals surface area contributed by atoms with E-state index >= 15 is 0 Å². The van der Waals surface area contributed by atoms with E-state index in [0.29, 0.717) is 11.5 Å². The number of anilines is 1. The molecule has 2 rings (SSSR count). The monoisotopic (exact) mass is 236 g/mol. The molecule has 0 radical (unpaired) electrons. The smallest absolute Gasteiger partial charge is 0.271 e. The molecule has 0 spiro atoms. The van der Waals surface area contributed by atoms with Crippen LogP contribution in [0.15, 0.2) is 12.1 Å². The van der Waals surface area contributed by atoms with Crippen molar-refractivity contribution in [2.45, 2.75) is 25.5 Å². The normalized spacial score (nSPS) is 23.4. The lowest BCUT2D eigenvalue weighted by Gasteiger charge is -2.15. The Morgan fingerprint density at radius 1 is 1.47 bits per heavy atom. The highest BCUT2D eigenvalue weighted by atomic mass is 16.5. The Morgan fingerprint density at radius 3 is 2.82 bits per heavy atom. The standard InChI is InChI=1S/C11H16N4O2/c1-7-8(5-6-17-7)13-10-4-3-9(14-15-10)11(16)12-2/h3-4,7-8H,5-6H2,1-2H3,(H,12,16)(H,13,15). The predicted molar refractivity (Wildman–Crippen MR) is 62.9 cm³/mol. The van der Waals surface area contributed by atoms with E-state index in [1.54, 1.807) is 19.2 Å². The van der Waals surface area contributed by atoms with Crippen LogP contribution in [0.4, 0.5) is 5.82 Å². The van der Waals surface area contributed by atoms with Crippen LogP contribution in [-0.4, -0.2) is 41.9 Å². The molecular formula is C11H16N4O2. The fourth-order valence-electron chi connectivity index (χ4n) is 1.77. The van der Waals surface area contributed by atoms with Gasteiger partial charge in [0.25, 0.3) is 5.91 Å². The highest BCUT2D eigenvalue weighted by molar-refractivity contribution is 5.91. The number of ether oxygens (including phenoxy) is 1. The van der Waals surface area contributed by atoms with Gasteiger partial charge in [0.05, 0.1) is 12.1 Å². The second-order valence-corrected chi connectivity index (χ2v) is 4.00. The number of carbonyl (C=O) groups excluding carboxylic acids is 1. The Bertz CT molecular complexity index is 393. The maximum absolute atomic E-state index is 11.3. The molecule has 6 nitrogen and oxygen atoms in total. The molecule has 1 fully saturated rings. The van der Waals surface area contributed by atoms with E-state index in [4.69, 9.17) is 4.74 Å². The molecule has 0 saturated carbocycles. The molecule has 17 heavy (non-hydrogen) atoms. The summed E-state index contributed by atoms with van der Waals surface area (Å²) in [6.45, 7) is 2.79. The number of aromatic nitrogens is 2. The fourth-order valence-corrected chi connectivity index (χ4v) is 1.77. The van der Waals surface area contributed by atoms with E-state index in [0.717, 1.165) is 13.0 Å². The van der Waals surface area contributed by atoms with Gasteiger partial charge in [-0.05, 0) is 25.5 Å². The van der Waals surface area contributed by atoms with E-state index in [2.05, 4.69) is 20.8 Å². The molecule has 6 heteroatoms. The van der Waals surface area contributed by atoms with Crippen molar-refractivity contribution in [3.05, 3.63) is 17.8 Å². The van der Waals surface area contributed by atoms with E-state index in [1.165, 1.54) is 0 Å². The second kappa shape index (κ2) is 5.09. The number of rotatable bonds is 3. The lowest BCUT2D eigenvalue weighted by molar-refractivity contribution is 0.0957. The first kappa shape index (κ1) is 11.8. The predicted octanol–water partition coefficient (Wildman–Crippen LogP) is 0.425. The van der Waals surface area contributed by atoms with Gasteiger partial charge in [0.1, 0.15) is 5.82 Å². The van der Waals surface area contributed by atoms with Crippen molar-refractivity contribution in [3.8, 4) is 0 Å². The number of amides is 1. The zero-order valence-corrected chi connectivity index (χ0v) is 9.93. The van der Waals surface area contributed by atoms with Gasteiger partial charge in [-0.15, -0.1) is 10.2 Å². The molecule has 2 N–H and O–H groups in total. The minimum atomic E-state index is -0.235. The third-order valence-electron chi connectivity index (χ3n) is 2.83. The Kier molecular flexibility index (Phi) is 3.53. The molecule has 0 bridgehead atoms. The molecule has 1 aromatic heterocycles. The summed E-state index contributed by atoms with van der Waals surface area (Å²) in [7, 11) is 1.56. The van der Waals surface area contributed by atoms with Crippen LogP contribution in [0.25, 0.3) is 0 Å². The third-order valence-corrected chi connectivity index (χ3v) is 2.83. The minimum absolute atomic E-state index is 0.176. The van der Waals surface area contributed by atoms with Crippen LogP contribution < -0.4 is 10.6 Å². The number of hydrogen-bond donors (Lipinski definition) is 2. The van der Waals surface area contributed by atoms with Crippen molar-refractivity contribution < 1.29 is 9.53 Å². The van der Waals surface area contributed by atoms with Crippen LogP contribution in [0, 0.1) is 0 Å². The first-order chi connectivity index (χ1) is 8.20. The number of nitrogens with zero attached hydrogens (tertiary/aromatic N) is 2. The largest absolute Gasteiger partial charge is 0.376 e. The number of carbonyl (C=O) groups is 1. The first-order valence-corrected chi connectivity index (χ1v) is 5.64. The average molecular weight is 236 g/mol. The minimum Gasteiger partial charge on any atom is -0.376 e. The van der Waals surface area contributed by atoms with Crippen molar-refractivity contribution in [1.29, 1.82) is 0 Å². The van der Waals surface area contributed by atoms with Gasteiger partial charge >= 0.3 is 0 Å². The number of nitrogens with one attached hydrogen (secondary N) is 2. The Morgan fingerprint density at radius 2 is 2.29 bits per heavy atom. The van der Waals surface area contributed by atoms with Crippen LogP contribution in [0.3, 0.4) is 0 Å². The van der Waals surface area contributed by atoms with Crippen molar-refractivity contribution in [3.63, 3.8) is 0 Å². The SMILES string of the molecule is CNC(=O)c1ccc(NC2CCOC2C)nn1. The van der Waals surface area contributed by atoms with E-state index < -0.39 is 0 Å². The van der Waals surface area contributed by atoms with Crippen molar-refractivity contribution >= 4 is 11.7 Å². The summed E-state index contributed by atoms with van der Waals surface area (Å²) >= 11 is 0. The van der Waals surface area contributed by atoms with Crippen molar-refractivity contribution in [1.82, 2.24) is 15.5 Å². The van der Waals surface area contributed by atoms with Gasteiger partial charge < -0.3 is 15.4 Å². The molecule has 1 aliphatic rings. The van der Waals surface area contributed by atoms with Crippen LogP contribution in [0.1, 0.15) is 23.8 Å². The molecule has 0 aromatic carbocycles. The zero-order valence-electron chi connectivity index (χ0n) is 9.93. The maximum Gasteiger partial charge on any atom is 0.271 e. The van der Waals surface area contributed by atoms with Crippen LogP contribution in [0.2, 0.25) is 0 Å². The van der Waals surface area contributed by atoms with Gasteiger partial charge in [0.15, 0.2) is 5.69 Å². The summed E-state index contributed by atoms with van der Waals surface area (Å²) in [4.78, 5) is 11.3. The van der Waals surface area contributed by atoms with Crippen LogP contribution >= 0.6 is 0 Å². The first-order valence-electron chi connectivity index (χ1n) is 5.64. The molecule has 2 heterocycles. The fraction of sp³-hybridized carbons (Fsp3) is 0.545. The zero-order chi connectivity index (χ0) is 12.3. The van der Waals surface area contributed by atoms with Crippen LogP contribution in [0.5, 0.6) is 0 Å². The quantitative estimate of drug-likeness (QED) is 0.795. The van der Waals surface area contributed by atoms with Crippen molar-refractivity contribution in [2.75, 3.05) is 19.0 Å². The molecule has 2 atom stereocenters. The summed E-state index contributed by atoms with van der Waals surface area (Å²) in [5.41, 5.74) is 0.314. The molecule has 1 amide bonds. The van der Waals surface area contributed by atoms with Gasteiger partial charge in [0.2, 0.25) is 0 Å².